The molecule has 0 spiro atoms. The number of aliphatic hydroxyl groups is 1. The lowest BCUT2D eigenvalue weighted by molar-refractivity contribution is -0.0365. The zero-order valence-electron chi connectivity index (χ0n) is 8.68. The fourth-order valence-electron chi connectivity index (χ4n) is 0.580. The largest absolute Gasteiger partial charge is 0.378 e. The molecule has 4 heteroatoms. The van der Waals surface area contributed by atoms with Gasteiger partial charge in [0.1, 0.15) is 19.0 Å². The van der Waals surface area contributed by atoms with Gasteiger partial charge in [-0.3, -0.25) is 0 Å². The summed E-state index contributed by atoms with van der Waals surface area (Å²) in [7, 11) is 0. The van der Waals surface area contributed by atoms with Crippen molar-refractivity contribution in [2.75, 3.05) is 25.9 Å². The third-order valence-corrected chi connectivity index (χ3v) is 1.76. The number of hydrogen-bond donors (Lipinski definition) is 1. The Morgan fingerprint density at radius 3 is 2.71 bits per heavy atom. The van der Waals surface area contributed by atoms with E-state index in [4.69, 9.17) is 21.1 Å². The maximum Gasteiger partial charge on any atom is 0.148 e. The molecule has 0 aromatic heterocycles. The average molecular weight is 221 g/mol. The Hall–Kier alpha value is -0.270. The second-order valence-corrected chi connectivity index (χ2v) is 3.37. The molecule has 0 unspecified atom stereocenters. The highest BCUT2D eigenvalue weighted by atomic mass is 35.5. The summed E-state index contributed by atoms with van der Waals surface area (Å²) >= 11 is 5.38. The lowest BCUT2D eigenvalue weighted by atomic mass is 10.1. The minimum absolute atomic E-state index is 0.190. The standard InChI is InChI=1S/C10H17ClO3/c1-3-10(2,12)5-4-7-13-9-14-8-6-11/h12H,3,6-9H2,1-2H3/t10-/m1/s1. The van der Waals surface area contributed by atoms with Gasteiger partial charge in [0.2, 0.25) is 0 Å². The van der Waals surface area contributed by atoms with Gasteiger partial charge in [-0.25, -0.2) is 0 Å². The highest BCUT2D eigenvalue weighted by Gasteiger charge is 2.11. The molecule has 0 rings (SSSR count). The summed E-state index contributed by atoms with van der Waals surface area (Å²) < 4.78 is 9.97. The summed E-state index contributed by atoms with van der Waals surface area (Å²) in [6.45, 7) is 4.47. The van der Waals surface area contributed by atoms with Crippen LogP contribution in [-0.2, 0) is 9.47 Å². The van der Waals surface area contributed by atoms with Crippen LogP contribution in [0, 0.1) is 11.8 Å². The fraction of sp³-hybridized carbons (Fsp3) is 0.800. The minimum atomic E-state index is -0.916. The molecule has 82 valence electrons. The highest BCUT2D eigenvalue weighted by Crippen LogP contribution is 2.04. The van der Waals surface area contributed by atoms with Gasteiger partial charge in [0.25, 0.3) is 0 Å². The molecular weight excluding hydrogens is 204 g/mol. The Morgan fingerprint density at radius 2 is 2.14 bits per heavy atom. The fourth-order valence-corrected chi connectivity index (χ4v) is 0.689. The first-order valence-electron chi connectivity index (χ1n) is 4.56. The molecule has 0 aromatic carbocycles. The first-order valence-corrected chi connectivity index (χ1v) is 5.09. The van der Waals surface area contributed by atoms with Gasteiger partial charge in [0, 0.05) is 5.88 Å². The Morgan fingerprint density at radius 1 is 1.43 bits per heavy atom. The second kappa shape index (κ2) is 8.07. The van der Waals surface area contributed by atoms with Crippen molar-refractivity contribution in [3.8, 4) is 11.8 Å². The summed E-state index contributed by atoms with van der Waals surface area (Å²) in [5, 5.41) is 9.49. The molecule has 1 atom stereocenters. The van der Waals surface area contributed by atoms with Gasteiger partial charge in [0.05, 0.1) is 6.61 Å². The lowest BCUT2D eigenvalue weighted by Crippen LogP contribution is -2.19. The van der Waals surface area contributed by atoms with Crippen molar-refractivity contribution in [1.82, 2.24) is 0 Å². The molecule has 0 fully saturated rings. The van der Waals surface area contributed by atoms with E-state index in [1.54, 1.807) is 6.92 Å². The van der Waals surface area contributed by atoms with E-state index in [1.807, 2.05) is 6.92 Å². The Kier molecular flexibility index (Phi) is 7.92. The van der Waals surface area contributed by atoms with Crippen molar-refractivity contribution in [3.05, 3.63) is 0 Å². The van der Waals surface area contributed by atoms with Crippen LogP contribution in [0.2, 0.25) is 0 Å². The third-order valence-electron chi connectivity index (χ3n) is 1.61. The first-order chi connectivity index (χ1) is 6.62. The van der Waals surface area contributed by atoms with E-state index >= 15 is 0 Å². The predicted octanol–water partition coefficient (Wildman–Crippen LogP) is 1.38. The van der Waals surface area contributed by atoms with Gasteiger partial charge in [-0.05, 0) is 13.3 Å². The summed E-state index contributed by atoms with van der Waals surface area (Å²) in [6, 6.07) is 0. The lowest BCUT2D eigenvalue weighted by Gasteiger charge is -2.11. The van der Waals surface area contributed by atoms with Crippen LogP contribution in [0.15, 0.2) is 0 Å². The molecule has 0 amide bonds. The minimum Gasteiger partial charge on any atom is -0.378 e. The molecule has 0 aliphatic rings. The van der Waals surface area contributed by atoms with Crippen molar-refractivity contribution < 1.29 is 14.6 Å². The maximum atomic E-state index is 9.49. The van der Waals surface area contributed by atoms with Gasteiger partial charge in [-0.1, -0.05) is 18.8 Å². The summed E-state index contributed by atoms with van der Waals surface area (Å²) in [5.41, 5.74) is -0.916. The SMILES string of the molecule is CC[C@@](C)(O)C#CCOCOCCCl. The van der Waals surface area contributed by atoms with E-state index in [2.05, 4.69) is 11.8 Å². The molecule has 0 bridgehead atoms. The third kappa shape index (κ3) is 8.33. The number of alkyl halides is 1. The van der Waals surface area contributed by atoms with Crippen LogP contribution in [0.5, 0.6) is 0 Å². The van der Waals surface area contributed by atoms with Crippen LogP contribution in [0.3, 0.4) is 0 Å². The molecule has 0 aliphatic carbocycles. The molecule has 1 N–H and O–H groups in total. The van der Waals surface area contributed by atoms with Gasteiger partial charge >= 0.3 is 0 Å². The molecule has 14 heavy (non-hydrogen) atoms. The topological polar surface area (TPSA) is 38.7 Å². The van der Waals surface area contributed by atoms with E-state index in [0.29, 0.717) is 18.9 Å². The van der Waals surface area contributed by atoms with Crippen LogP contribution in [-0.4, -0.2) is 36.6 Å². The number of hydrogen-bond acceptors (Lipinski definition) is 3. The Labute approximate surface area is 90.3 Å². The average Bonchev–Trinajstić information content (AvgIpc) is 2.16. The second-order valence-electron chi connectivity index (χ2n) is 2.99. The Balaban J connectivity index is 3.43. The van der Waals surface area contributed by atoms with Crippen molar-refractivity contribution in [2.45, 2.75) is 25.9 Å². The predicted molar refractivity (Wildman–Crippen MR) is 56.2 cm³/mol. The zero-order valence-corrected chi connectivity index (χ0v) is 9.43. The summed E-state index contributed by atoms with van der Waals surface area (Å²) in [5.74, 6) is 5.87. The number of halogens is 1. The van der Waals surface area contributed by atoms with E-state index in [1.165, 1.54) is 0 Å². The van der Waals surface area contributed by atoms with E-state index in [0.717, 1.165) is 0 Å². The van der Waals surface area contributed by atoms with Crippen molar-refractivity contribution >= 4 is 11.6 Å². The molecule has 0 saturated heterocycles. The molecule has 0 aliphatic heterocycles. The van der Waals surface area contributed by atoms with Crippen molar-refractivity contribution in [1.29, 1.82) is 0 Å². The van der Waals surface area contributed by atoms with Crippen molar-refractivity contribution in [2.24, 2.45) is 0 Å². The van der Waals surface area contributed by atoms with Crippen molar-refractivity contribution in [3.63, 3.8) is 0 Å². The monoisotopic (exact) mass is 220 g/mol. The van der Waals surface area contributed by atoms with Gasteiger partial charge < -0.3 is 14.6 Å². The quantitative estimate of drug-likeness (QED) is 0.318. The number of rotatable bonds is 6. The molecule has 3 nitrogen and oxygen atoms in total. The van der Waals surface area contributed by atoms with E-state index < -0.39 is 5.60 Å². The smallest absolute Gasteiger partial charge is 0.148 e. The molecule has 0 aromatic rings. The zero-order chi connectivity index (χ0) is 10.9. The number of ether oxygens (including phenoxy) is 2. The first kappa shape index (κ1) is 13.7. The van der Waals surface area contributed by atoms with Crippen LogP contribution < -0.4 is 0 Å². The Bertz CT molecular complexity index is 193. The normalized spacial score (nSPS) is 14.3. The summed E-state index contributed by atoms with van der Waals surface area (Å²) in [4.78, 5) is 0. The van der Waals surface area contributed by atoms with Crippen LogP contribution in [0.25, 0.3) is 0 Å². The van der Waals surface area contributed by atoms with Crippen LogP contribution in [0.4, 0.5) is 0 Å². The molecule has 0 radical (unpaired) electrons. The summed E-state index contributed by atoms with van der Waals surface area (Å²) in [6.07, 6.45) is 0.600. The van der Waals surface area contributed by atoms with Crippen LogP contribution >= 0.6 is 11.6 Å². The maximum absolute atomic E-state index is 9.49. The highest BCUT2D eigenvalue weighted by molar-refractivity contribution is 6.17. The molecule has 0 heterocycles. The van der Waals surface area contributed by atoms with E-state index in [9.17, 15) is 5.11 Å². The van der Waals surface area contributed by atoms with Crippen LogP contribution in [0.1, 0.15) is 20.3 Å². The van der Waals surface area contributed by atoms with Gasteiger partial charge in [0.15, 0.2) is 0 Å². The molecule has 0 saturated carbocycles. The van der Waals surface area contributed by atoms with Gasteiger partial charge in [-0.15, -0.1) is 11.6 Å². The van der Waals surface area contributed by atoms with E-state index in [-0.39, 0.29) is 13.4 Å². The molecular formula is C10H17ClO3. The van der Waals surface area contributed by atoms with Gasteiger partial charge in [-0.2, -0.15) is 0 Å².